The highest BCUT2D eigenvalue weighted by atomic mass is 32.2. The second-order valence-corrected chi connectivity index (χ2v) is 6.90. The minimum Gasteiger partial charge on any atom is -0.492 e. The molecule has 0 unspecified atom stereocenters. The van der Waals surface area contributed by atoms with Crippen molar-refractivity contribution in [3.63, 3.8) is 0 Å². The molecule has 1 aromatic carbocycles. The third-order valence-corrected chi connectivity index (χ3v) is 5.01. The van der Waals surface area contributed by atoms with E-state index in [1.807, 2.05) is 31.2 Å². The fourth-order valence-electron chi connectivity index (χ4n) is 2.15. The Balaban J connectivity index is 2.03. The highest BCUT2D eigenvalue weighted by Crippen LogP contribution is 2.19. The molecule has 120 valence electrons. The summed E-state index contributed by atoms with van der Waals surface area (Å²) < 4.78 is 37.9. The molecule has 2 rings (SSSR count). The van der Waals surface area contributed by atoms with E-state index in [9.17, 15) is 8.42 Å². The number of sulfonamides is 1. The number of aromatic nitrogens is 1. The highest BCUT2D eigenvalue weighted by Gasteiger charge is 2.25. The van der Waals surface area contributed by atoms with Crippen LogP contribution in [0, 0.1) is 20.8 Å². The van der Waals surface area contributed by atoms with E-state index in [1.54, 1.807) is 20.8 Å². The van der Waals surface area contributed by atoms with Gasteiger partial charge in [-0.25, -0.2) is 13.1 Å². The van der Waals surface area contributed by atoms with Gasteiger partial charge in [0.1, 0.15) is 22.9 Å². The molecule has 0 radical (unpaired) electrons. The number of rotatable bonds is 6. The smallest absolute Gasteiger partial charge is 0.246 e. The third-order valence-electron chi connectivity index (χ3n) is 3.18. The molecule has 0 fully saturated rings. The maximum absolute atomic E-state index is 12.4. The third kappa shape index (κ3) is 3.66. The van der Waals surface area contributed by atoms with Gasteiger partial charge in [-0.1, -0.05) is 23.4 Å². The second kappa shape index (κ2) is 6.50. The van der Waals surface area contributed by atoms with Crippen LogP contribution in [-0.2, 0) is 10.0 Å². The highest BCUT2D eigenvalue weighted by molar-refractivity contribution is 7.89. The Morgan fingerprint density at radius 3 is 2.55 bits per heavy atom. The van der Waals surface area contributed by atoms with E-state index in [-0.39, 0.29) is 17.3 Å². The Hall–Kier alpha value is -1.86. The number of aryl methyl sites for hydroxylation is 3. The molecule has 0 saturated heterocycles. The van der Waals surface area contributed by atoms with E-state index in [1.165, 1.54) is 0 Å². The van der Waals surface area contributed by atoms with E-state index >= 15 is 0 Å². The molecule has 1 atom stereocenters. The Bertz CT molecular complexity index is 733. The van der Waals surface area contributed by atoms with Crippen LogP contribution in [0.25, 0.3) is 0 Å². The summed E-state index contributed by atoms with van der Waals surface area (Å²) in [6.45, 7) is 7.08. The maximum atomic E-state index is 12.4. The van der Waals surface area contributed by atoms with E-state index in [4.69, 9.17) is 9.26 Å². The topological polar surface area (TPSA) is 81.4 Å². The summed E-state index contributed by atoms with van der Waals surface area (Å²) in [6.07, 6.45) is 0. The second-order valence-electron chi connectivity index (χ2n) is 5.25. The van der Waals surface area contributed by atoms with Crippen molar-refractivity contribution in [2.75, 3.05) is 6.61 Å². The number of benzene rings is 1. The van der Waals surface area contributed by atoms with Crippen molar-refractivity contribution in [1.29, 1.82) is 0 Å². The molecule has 0 aliphatic rings. The molecule has 6 nitrogen and oxygen atoms in total. The van der Waals surface area contributed by atoms with Crippen LogP contribution in [0.15, 0.2) is 33.7 Å². The van der Waals surface area contributed by atoms with Gasteiger partial charge in [0.05, 0.1) is 6.04 Å². The molecule has 7 heteroatoms. The summed E-state index contributed by atoms with van der Waals surface area (Å²) in [5.41, 5.74) is 1.35. The lowest BCUT2D eigenvalue weighted by atomic mass is 10.2. The molecule has 0 spiro atoms. The first kappa shape index (κ1) is 16.5. The molecule has 1 heterocycles. The van der Waals surface area contributed by atoms with Gasteiger partial charge in [-0.05, 0) is 39.3 Å². The Morgan fingerprint density at radius 2 is 1.95 bits per heavy atom. The van der Waals surface area contributed by atoms with Gasteiger partial charge in [-0.15, -0.1) is 0 Å². The first-order valence-corrected chi connectivity index (χ1v) is 8.43. The van der Waals surface area contributed by atoms with Crippen molar-refractivity contribution >= 4 is 10.0 Å². The summed E-state index contributed by atoms with van der Waals surface area (Å²) in [5.74, 6) is 1.02. The molecule has 22 heavy (non-hydrogen) atoms. The van der Waals surface area contributed by atoms with Crippen molar-refractivity contribution in [2.45, 2.75) is 38.6 Å². The molecule has 0 bridgehead atoms. The van der Waals surface area contributed by atoms with Gasteiger partial charge >= 0.3 is 0 Å². The first-order valence-electron chi connectivity index (χ1n) is 6.95. The molecule has 0 saturated carbocycles. The summed E-state index contributed by atoms with van der Waals surface area (Å²) in [4.78, 5) is 0.0928. The van der Waals surface area contributed by atoms with Crippen molar-refractivity contribution in [2.24, 2.45) is 0 Å². The standard InChI is InChI=1S/C15H20N2O4S/c1-10-7-5-6-8-14(10)20-9-11(2)17-22(18,19)15-12(3)16-21-13(15)4/h5-8,11,17H,9H2,1-4H3/t11-/m1/s1. The van der Waals surface area contributed by atoms with Crippen LogP contribution in [-0.4, -0.2) is 26.2 Å². The predicted octanol–water partition coefficient (Wildman–Crippen LogP) is 2.35. The Morgan fingerprint density at radius 1 is 1.27 bits per heavy atom. The van der Waals surface area contributed by atoms with Gasteiger partial charge < -0.3 is 9.26 Å². The van der Waals surface area contributed by atoms with Crippen LogP contribution in [0.3, 0.4) is 0 Å². The van der Waals surface area contributed by atoms with E-state index in [0.29, 0.717) is 5.69 Å². The fraction of sp³-hybridized carbons (Fsp3) is 0.400. The van der Waals surface area contributed by atoms with Crippen LogP contribution in [0.5, 0.6) is 5.75 Å². The summed E-state index contributed by atoms with van der Waals surface area (Å²) in [6, 6.07) is 7.20. The number of nitrogens with zero attached hydrogens (tertiary/aromatic N) is 1. The number of nitrogens with one attached hydrogen (secondary N) is 1. The van der Waals surface area contributed by atoms with E-state index < -0.39 is 16.1 Å². The molecule has 2 aromatic rings. The Kier molecular flexibility index (Phi) is 4.87. The number of ether oxygens (including phenoxy) is 1. The zero-order valence-corrected chi connectivity index (χ0v) is 13.9. The van der Waals surface area contributed by atoms with Crippen molar-refractivity contribution in [3.8, 4) is 5.75 Å². The minimum atomic E-state index is -3.68. The van der Waals surface area contributed by atoms with E-state index in [2.05, 4.69) is 9.88 Å². The number of para-hydroxylation sites is 1. The molecule has 0 aliphatic carbocycles. The number of hydrogen-bond donors (Lipinski definition) is 1. The van der Waals surface area contributed by atoms with Gasteiger partial charge in [0.25, 0.3) is 0 Å². The average Bonchev–Trinajstić information content (AvgIpc) is 2.77. The molecule has 0 aliphatic heterocycles. The maximum Gasteiger partial charge on any atom is 0.246 e. The lowest BCUT2D eigenvalue weighted by Gasteiger charge is -2.16. The van der Waals surface area contributed by atoms with Gasteiger partial charge in [0.15, 0.2) is 5.76 Å². The van der Waals surface area contributed by atoms with Gasteiger partial charge in [0.2, 0.25) is 10.0 Å². The molecule has 0 amide bonds. The van der Waals surface area contributed by atoms with Crippen LogP contribution in [0.2, 0.25) is 0 Å². The molecular weight excluding hydrogens is 304 g/mol. The van der Waals surface area contributed by atoms with Crippen LogP contribution < -0.4 is 9.46 Å². The van der Waals surface area contributed by atoms with Crippen molar-refractivity contribution in [1.82, 2.24) is 9.88 Å². The fourth-order valence-corrected chi connectivity index (χ4v) is 3.71. The van der Waals surface area contributed by atoms with E-state index in [0.717, 1.165) is 11.3 Å². The number of hydrogen-bond acceptors (Lipinski definition) is 5. The molecule has 1 aromatic heterocycles. The van der Waals surface area contributed by atoms with Crippen LogP contribution in [0.1, 0.15) is 23.9 Å². The van der Waals surface area contributed by atoms with Gasteiger partial charge in [-0.2, -0.15) is 0 Å². The SMILES string of the molecule is Cc1ccccc1OC[C@@H](C)NS(=O)(=O)c1c(C)noc1C. The zero-order chi connectivity index (χ0) is 16.3. The zero-order valence-electron chi connectivity index (χ0n) is 13.1. The summed E-state index contributed by atoms with van der Waals surface area (Å²) in [5, 5.41) is 3.67. The minimum absolute atomic E-state index is 0.0928. The average molecular weight is 324 g/mol. The normalized spacial score (nSPS) is 13.1. The Labute approximate surface area is 130 Å². The summed E-state index contributed by atoms with van der Waals surface area (Å²) >= 11 is 0. The lowest BCUT2D eigenvalue weighted by Crippen LogP contribution is -2.37. The van der Waals surface area contributed by atoms with Crippen LogP contribution in [0.4, 0.5) is 0 Å². The van der Waals surface area contributed by atoms with Gasteiger partial charge in [0, 0.05) is 0 Å². The van der Waals surface area contributed by atoms with Gasteiger partial charge in [-0.3, -0.25) is 0 Å². The predicted molar refractivity (Wildman–Crippen MR) is 82.4 cm³/mol. The summed E-state index contributed by atoms with van der Waals surface area (Å²) in [7, 11) is -3.68. The largest absolute Gasteiger partial charge is 0.492 e. The van der Waals surface area contributed by atoms with Crippen LogP contribution >= 0.6 is 0 Å². The quantitative estimate of drug-likeness (QED) is 0.882. The van der Waals surface area contributed by atoms with Crippen molar-refractivity contribution in [3.05, 3.63) is 41.3 Å². The first-order chi connectivity index (χ1) is 10.3. The molecular formula is C15H20N2O4S. The van der Waals surface area contributed by atoms with Crippen molar-refractivity contribution < 1.29 is 17.7 Å². The monoisotopic (exact) mass is 324 g/mol. The molecule has 1 N–H and O–H groups in total. The lowest BCUT2D eigenvalue weighted by molar-refractivity contribution is 0.285.